The first-order chi connectivity index (χ1) is 9.30. The van der Waals surface area contributed by atoms with Crippen LogP contribution in [0, 0.1) is 0 Å². The molecule has 0 radical (unpaired) electrons. The van der Waals surface area contributed by atoms with Gasteiger partial charge in [0.25, 0.3) is 0 Å². The van der Waals surface area contributed by atoms with Crippen LogP contribution in [0.4, 0.5) is 0 Å². The molecule has 0 saturated carbocycles. The van der Waals surface area contributed by atoms with Gasteiger partial charge in [0, 0.05) is 0 Å². The number of halogens is 1. The van der Waals surface area contributed by atoms with E-state index in [1.54, 1.807) is 18.2 Å². The normalized spacial score (nSPS) is 11.4. The molecule has 0 saturated heterocycles. The van der Waals surface area contributed by atoms with E-state index in [0.29, 0.717) is 5.56 Å². The summed E-state index contributed by atoms with van der Waals surface area (Å²) in [5.41, 5.74) is 2.93. The first kappa shape index (κ1) is 14.6. The van der Waals surface area contributed by atoms with Crippen molar-refractivity contribution in [3.63, 3.8) is 0 Å². The quantitative estimate of drug-likeness (QED) is 0.844. The predicted octanol–water partition coefficient (Wildman–Crippen LogP) is 5.00. The van der Waals surface area contributed by atoms with E-state index in [1.165, 1.54) is 5.56 Å². The van der Waals surface area contributed by atoms with Gasteiger partial charge in [-0.2, -0.15) is 0 Å². The number of carboxylic acid groups (broad SMARTS) is 1. The van der Waals surface area contributed by atoms with Crippen LogP contribution in [0.2, 0.25) is 5.02 Å². The van der Waals surface area contributed by atoms with Gasteiger partial charge >= 0.3 is 5.97 Å². The number of rotatable bonds is 2. The summed E-state index contributed by atoms with van der Waals surface area (Å²) in [5, 5.41) is 9.57. The molecule has 2 aromatic rings. The lowest BCUT2D eigenvalue weighted by Gasteiger charge is -2.19. The molecule has 2 rings (SSSR count). The van der Waals surface area contributed by atoms with Crippen LogP contribution in [0.3, 0.4) is 0 Å². The molecule has 2 aromatic carbocycles. The average molecular weight is 289 g/mol. The minimum absolute atomic E-state index is 0.0719. The Kier molecular flexibility index (Phi) is 3.87. The van der Waals surface area contributed by atoms with Gasteiger partial charge in [-0.25, -0.2) is 4.79 Å². The van der Waals surface area contributed by atoms with Crippen molar-refractivity contribution in [3.05, 3.63) is 58.6 Å². The summed E-state index contributed by atoms with van der Waals surface area (Å²) in [6.45, 7) is 6.43. The zero-order valence-corrected chi connectivity index (χ0v) is 12.5. The number of benzene rings is 2. The smallest absolute Gasteiger partial charge is 0.337 e. The minimum atomic E-state index is -1.01. The van der Waals surface area contributed by atoms with Crippen LogP contribution in [0.25, 0.3) is 11.1 Å². The van der Waals surface area contributed by atoms with Gasteiger partial charge in [-0.15, -0.1) is 0 Å². The van der Waals surface area contributed by atoms with E-state index < -0.39 is 5.97 Å². The molecule has 0 amide bonds. The van der Waals surface area contributed by atoms with Crippen molar-refractivity contribution in [2.45, 2.75) is 26.2 Å². The number of carbonyl (C=O) groups is 1. The molecule has 0 aliphatic carbocycles. The summed E-state index contributed by atoms with van der Waals surface area (Å²) >= 11 is 6.00. The van der Waals surface area contributed by atoms with Crippen molar-refractivity contribution in [3.8, 4) is 11.1 Å². The Morgan fingerprint density at radius 3 is 2.15 bits per heavy atom. The van der Waals surface area contributed by atoms with Crippen molar-refractivity contribution in [2.75, 3.05) is 0 Å². The van der Waals surface area contributed by atoms with Gasteiger partial charge in [-0.05, 0) is 28.2 Å². The molecule has 0 unspecified atom stereocenters. The van der Waals surface area contributed by atoms with Crippen LogP contribution in [0.5, 0.6) is 0 Å². The van der Waals surface area contributed by atoms with Gasteiger partial charge in [0.2, 0.25) is 0 Å². The lowest BCUT2D eigenvalue weighted by atomic mass is 9.86. The second-order valence-corrected chi connectivity index (χ2v) is 6.20. The fourth-order valence-electron chi connectivity index (χ4n) is 2.13. The molecule has 0 spiro atoms. The van der Waals surface area contributed by atoms with Crippen molar-refractivity contribution in [1.82, 2.24) is 0 Å². The fraction of sp³-hybridized carbons (Fsp3) is 0.235. The molecule has 0 aliphatic rings. The molecular formula is C17H17ClO2. The molecule has 0 fully saturated rings. The Morgan fingerprint density at radius 1 is 1.05 bits per heavy atom. The average Bonchev–Trinajstić information content (AvgIpc) is 2.37. The van der Waals surface area contributed by atoms with Crippen LogP contribution < -0.4 is 0 Å². The molecule has 20 heavy (non-hydrogen) atoms. The standard InChI is InChI=1S/C17H17ClO2/c1-17(2,3)12-9-7-11(8-10-12)13-5-4-6-14(18)15(13)16(19)20/h4-10H,1-3H3,(H,19,20). The highest BCUT2D eigenvalue weighted by Crippen LogP contribution is 2.31. The lowest BCUT2D eigenvalue weighted by molar-refractivity contribution is 0.0698. The third-order valence-electron chi connectivity index (χ3n) is 3.29. The molecule has 0 aromatic heterocycles. The minimum Gasteiger partial charge on any atom is -0.478 e. The Bertz CT molecular complexity index is 637. The van der Waals surface area contributed by atoms with Gasteiger partial charge in [-0.3, -0.25) is 0 Å². The maximum absolute atomic E-state index is 11.4. The summed E-state index contributed by atoms with van der Waals surface area (Å²) in [6.07, 6.45) is 0. The van der Waals surface area contributed by atoms with Crippen LogP contribution in [-0.2, 0) is 5.41 Å². The topological polar surface area (TPSA) is 37.3 Å². The number of carboxylic acids is 1. The number of hydrogen-bond acceptors (Lipinski definition) is 1. The van der Waals surface area contributed by atoms with E-state index in [-0.39, 0.29) is 16.0 Å². The largest absolute Gasteiger partial charge is 0.478 e. The monoisotopic (exact) mass is 288 g/mol. The summed E-state index contributed by atoms with van der Waals surface area (Å²) in [7, 11) is 0. The number of hydrogen-bond donors (Lipinski definition) is 1. The van der Waals surface area contributed by atoms with Crippen molar-refractivity contribution < 1.29 is 9.90 Å². The zero-order chi connectivity index (χ0) is 14.9. The van der Waals surface area contributed by atoms with E-state index >= 15 is 0 Å². The SMILES string of the molecule is CC(C)(C)c1ccc(-c2cccc(Cl)c2C(=O)O)cc1. The second kappa shape index (κ2) is 5.29. The fourth-order valence-corrected chi connectivity index (χ4v) is 2.39. The zero-order valence-electron chi connectivity index (χ0n) is 11.8. The summed E-state index contributed by atoms with van der Waals surface area (Å²) in [4.78, 5) is 11.4. The predicted molar refractivity (Wildman–Crippen MR) is 82.5 cm³/mol. The van der Waals surface area contributed by atoms with Crippen LogP contribution in [-0.4, -0.2) is 11.1 Å². The molecule has 0 heterocycles. The molecule has 0 aliphatic heterocycles. The molecule has 0 atom stereocenters. The highest BCUT2D eigenvalue weighted by molar-refractivity contribution is 6.34. The Morgan fingerprint density at radius 2 is 1.65 bits per heavy atom. The highest BCUT2D eigenvalue weighted by atomic mass is 35.5. The first-order valence-corrected chi connectivity index (χ1v) is 6.81. The van der Waals surface area contributed by atoms with E-state index in [4.69, 9.17) is 11.6 Å². The maximum Gasteiger partial charge on any atom is 0.337 e. The summed E-state index contributed by atoms with van der Waals surface area (Å²) < 4.78 is 0. The second-order valence-electron chi connectivity index (χ2n) is 5.79. The van der Waals surface area contributed by atoms with E-state index in [9.17, 15) is 9.90 Å². The van der Waals surface area contributed by atoms with Crippen molar-refractivity contribution in [1.29, 1.82) is 0 Å². The van der Waals surface area contributed by atoms with E-state index in [1.807, 2.05) is 24.3 Å². The number of aromatic carboxylic acids is 1. The van der Waals surface area contributed by atoms with Crippen molar-refractivity contribution >= 4 is 17.6 Å². The van der Waals surface area contributed by atoms with Gasteiger partial charge in [0.05, 0.1) is 10.6 Å². The summed E-state index contributed by atoms with van der Waals surface area (Å²) in [6, 6.07) is 13.1. The van der Waals surface area contributed by atoms with Gasteiger partial charge in [0.1, 0.15) is 0 Å². The third-order valence-corrected chi connectivity index (χ3v) is 3.60. The van der Waals surface area contributed by atoms with Crippen molar-refractivity contribution in [2.24, 2.45) is 0 Å². The molecule has 2 nitrogen and oxygen atoms in total. The Balaban J connectivity index is 2.53. The molecule has 3 heteroatoms. The van der Waals surface area contributed by atoms with Gasteiger partial charge < -0.3 is 5.11 Å². The first-order valence-electron chi connectivity index (χ1n) is 6.43. The third kappa shape index (κ3) is 2.86. The highest BCUT2D eigenvalue weighted by Gasteiger charge is 2.17. The Labute approximate surface area is 124 Å². The lowest BCUT2D eigenvalue weighted by Crippen LogP contribution is -2.10. The van der Waals surface area contributed by atoms with Crippen LogP contribution >= 0.6 is 11.6 Å². The maximum atomic E-state index is 11.4. The molecular weight excluding hydrogens is 272 g/mol. The van der Waals surface area contributed by atoms with Gasteiger partial charge in [-0.1, -0.05) is 68.8 Å². The van der Waals surface area contributed by atoms with E-state index in [0.717, 1.165) is 5.56 Å². The van der Waals surface area contributed by atoms with Gasteiger partial charge in [0.15, 0.2) is 0 Å². The van der Waals surface area contributed by atoms with Crippen LogP contribution in [0.15, 0.2) is 42.5 Å². The molecule has 0 bridgehead atoms. The van der Waals surface area contributed by atoms with Crippen LogP contribution in [0.1, 0.15) is 36.7 Å². The molecule has 104 valence electrons. The summed E-state index contributed by atoms with van der Waals surface area (Å²) in [5.74, 6) is -1.01. The molecule has 1 N–H and O–H groups in total. The Hall–Kier alpha value is -1.80. The van der Waals surface area contributed by atoms with E-state index in [2.05, 4.69) is 20.8 Å².